The van der Waals surface area contributed by atoms with Crippen LogP contribution in [0.1, 0.15) is 56.9 Å². The number of unbranched alkanes of at least 4 members (excludes halogenated alkanes) is 6. The zero-order chi connectivity index (χ0) is 20.2. The third-order valence-electron chi connectivity index (χ3n) is 5.04. The minimum Gasteiger partial charge on any atom is -0.748 e. The first-order valence-electron chi connectivity index (χ1n) is 10.2. The van der Waals surface area contributed by atoms with Gasteiger partial charge in [-0.05, 0) is 31.2 Å². The van der Waals surface area contributed by atoms with E-state index in [4.69, 9.17) is 0 Å². The molecule has 1 N–H and O–H groups in total. The van der Waals surface area contributed by atoms with Gasteiger partial charge in [0, 0.05) is 6.42 Å². The number of aliphatic hydroxyl groups excluding tert-OH is 1. The molecule has 0 aliphatic heterocycles. The van der Waals surface area contributed by atoms with Gasteiger partial charge in [0.05, 0.1) is 49.2 Å². The summed E-state index contributed by atoms with van der Waals surface area (Å²) < 4.78 is 32.7. The molecule has 27 heavy (non-hydrogen) atoms. The van der Waals surface area contributed by atoms with Gasteiger partial charge in [-0.15, -0.1) is 0 Å². The van der Waals surface area contributed by atoms with Gasteiger partial charge in [0.1, 0.15) is 0 Å². The summed E-state index contributed by atoms with van der Waals surface area (Å²) in [4.78, 5) is 0. The maximum absolute atomic E-state index is 10.7. The zero-order valence-electron chi connectivity index (χ0n) is 17.0. The number of aliphatic hydroxyl groups is 1. The van der Waals surface area contributed by atoms with Gasteiger partial charge in [-0.2, -0.15) is 0 Å². The summed E-state index contributed by atoms with van der Waals surface area (Å²) in [6.07, 6.45) is 9.17. The SMILES string of the molecule is C[N+](C)(CCCCCCCCCc1ccccc1)CCC(O)CS(=O)(=O)[O-]. The molecule has 1 rings (SSSR count). The van der Waals surface area contributed by atoms with Gasteiger partial charge in [-0.1, -0.05) is 56.0 Å². The fraction of sp³-hybridized carbons (Fsp3) is 0.714. The van der Waals surface area contributed by atoms with Crippen molar-refractivity contribution >= 4 is 10.1 Å². The van der Waals surface area contributed by atoms with Crippen molar-refractivity contribution in [2.24, 2.45) is 0 Å². The van der Waals surface area contributed by atoms with E-state index in [1.165, 1.54) is 50.5 Å². The topological polar surface area (TPSA) is 77.4 Å². The lowest BCUT2D eigenvalue weighted by molar-refractivity contribution is -0.891. The Morgan fingerprint density at radius 3 is 2.07 bits per heavy atom. The first kappa shape index (κ1) is 24.1. The highest BCUT2D eigenvalue weighted by Gasteiger charge is 2.18. The second-order valence-corrected chi connectivity index (χ2v) is 9.71. The van der Waals surface area contributed by atoms with Gasteiger partial charge >= 0.3 is 0 Å². The van der Waals surface area contributed by atoms with Crippen molar-refractivity contribution in [1.29, 1.82) is 0 Å². The highest BCUT2D eigenvalue weighted by molar-refractivity contribution is 7.85. The Labute approximate surface area is 165 Å². The molecule has 0 radical (unpaired) electrons. The molecule has 0 bridgehead atoms. The quantitative estimate of drug-likeness (QED) is 0.279. The van der Waals surface area contributed by atoms with E-state index in [9.17, 15) is 18.1 Å². The molecule has 0 heterocycles. The Bertz CT molecular complexity index is 602. The molecule has 1 aromatic carbocycles. The lowest BCUT2D eigenvalue weighted by Gasteiger charge is -2.31. The molecular weight excluding hydrogens is 362 g/mol. The largest absolute Gasteiger partial charge is 0.748 e. The van der Waals surface area contributed by atoms with Crippen LogP contribution < -0.4 is 0 Å². The number of rotatable bonds is 15. The van der Waals surface area contributed by atoms with Crippen LogP contribution in [0.25, 0.3) is 0 Å². The molecule has 1 atom stereocenters. The molecule has 1 aromatic rings. The molecule has 0 aliphatic rings. The van der Waals surface area contributed by atoms with Crippen LogP contribution in [0.3, 0.4) is 0 Å². The van der Waals surface area contributed by atoms with E-state index in [1.54, 1.807) is 0 Å². The highest BCUT2D eigenvalue weighted by Crippen LogP contribution is 2.12. The van der Waals surface area contributed by atoms with Gasteiger partial charge in [0.2, 0.25) is 0 Å². The van der Waals surface area contributed by atoms with E-state index >= 15 is 0 Å². The number of benzene rings is 1. The van der Waals surface area contributed by atoms with Gasteiger partial charge in [0.15, 0.2) is 0 Å². The molecule has 6 heteroatoms. The first-order valence-corrected chi connectivity index (χ1v) is 11.7. The van der Waals surface area contributed by atoms with Crippen LogP contribution in [-0.4, -0.2) is 61.6 Å². The van der Waals surface area contributed by atoms with E-state index < -0.39 is 22.0 Å². The van der Waals surface area contributed by atoms with E-state index in [1.807, 2.05) is 0 Å². The second-order valence-electron chi connectivity index (χ2n) is 8.26. The summed E-state index contributed by atoms with van der Waals surface area (Å²) in [5.41, 5.74) is 1.43. The van der Waals surface area contributed by atoms with Crippen molar-refractivity contribution < 1.29 is 22.6 Å². The van der Waals surface area contributed by atoms with Crippen molar-refractivity contribution in [1.82, 2.24) is 0 Å². The van der Waals surface area contributed by atoms with Crippen molar-refractivity contribution in [3.8, 4) is 0 Å². The number of nitrogens with zero attached hydrogens (tertiary/aromatic N) is 1. The van der Waals surface area contributed by atoms with Crippen LogP contribution in [-0.2, 0) is 16.5 Å². The maximum Gasteiger partial charge on any atom is 0.0971 e. The van der Waals surface area contributed by atoms with Crippen LogP contribution in [0, 0.1) is 0 Å². The van der Waals surface area contributed by atoms with Crippen LogP contribution in [0.15, 0.2) is 30.3 Å². The first-order chi connectivity index (χ1) is 12.7. The Morgan fingerprint density at radius 2 is 1.48 bits per heavy atom. The Hall–Kier alpha value is -0.950. The van der Waals surface area contributed by atoms with E-state index in [2.05, 4.69) is 44.4 Å². The predicted molar refractivity (Wildman–Crippen MR) is 109 cm³/mol. The summed E-state index contributed by atoms with van der Waals surface area (Å²) in [6, 6.07) is 10.6. The molecule has 0 aromatic heterocycles. The Balaban J connectivity index is 1.99. The molecule has 0 saturated carbocycles. The average Bonchev–Trinajstić information content (AvgIpc) is 2.58. The van der Waals surface area contributed by atoms with Crippen LogP contribution in [0.4, 0.5) is 0 Å². The highest BCUT2D eigenvalue weighted by atomic mass is 32.2. The standard InChI is InChI=1S/C21H37NO4S/c1-22(2,18-16-21(23)19-27(24,25)26)17-12-7-5-3-4-6-9-13-20-14-10-8-11-15-20/h8,10-11,14-15,21,23H,3-7,9,12-13,16-19H2,1-2H3. The number of quaternary nitrogens is 1. The van der Waals surface area contributed by atoms with Crippen molar-refractivity contribution in [3.05, 3.63) is 35.9 Å². The Kier molecular flexibility index (Phi) is 11.1. The van der Waals surface area contributed by atoms with Crippen molar-refractivity contribution in [3.63, 3.8) is 0 Å². The maximum atomic E-state index is 10.7. The lowest BCUT2D eigenvalue weighted by atomic mass is 10.0. The van der Waals surface area contributed by atoms with Crippen molar-refractivity contribution in [2.75, 3.05) is 32.9 Å². The predicted octanol–water partition coefficient (Wildman–Crippen LogP) is 3.33. The summed E-state index contributed by atoms with van der Waals surface area (Å²) in [5, 5.41) is 9.64. The monoisotopic (exact) mass is 399 g/mol. The number of aryl methyl sites for hydroxylation is 1. The summed E-state index contributed by atoms with van der Waals surface area (Å²) in [5.74, 6) is -0.683. The van der Waals surface area contributed by atoms with E-state index in [0.29, 0.717) is 13.0 Å². The molecule has 0 amide bonds. The molecule has 1 unspecified atom stereocenters. The normalized spacial score (nSPS) is 13.6. The number of hydrogen-bond acceptors (Lipinski definition) is 4. The zero-order valence-corrected chi connectivity index (χ0v) is 17.8. The molecule has 5 nitrogen and oxygen atoms in total. The van der Waals surface area contributed by atoms with Crippen LogP contribution >= 0.6 is 0 Å². The summed E-state index contributed by atoms with van der Waals surface area (Å²) >= 11 is 0. The van der Waals surface area contributed by atoms with Crippen molar-refractivity contribution in [2.45, 2.75) is 63.9 Å². The minimum atomic E-state index is -4.35. The fourth-order valence-corrected chi connectivity index (χ4v) is 3.96. The summed E-state index contributed by atoms with van der Waals surface area (Å²) in [7, 11) is -0.177. The molecule has 156 valence electrons. The van der Waals surface area contributed by atoms with Gasteiger partial charge in [-0.3, -0.25) is 0 Å². The molecule has 0 spiro atoms. The smallest absolute Gasteiger partial charge is 0.0971 e. The molecule has 0 fully saturated rings. The molecule has 0 saturated heterocycles. The van der Waals surface area contributed by atoms with E-state index in [0.717, 1.165) is 17.4 Å². The van der Waals surface area contributed by atoms with Gasteiger partial charge in [-0.25, -0.2) is 8.42 Å². The fourth-order valence-electron chi connectivity index (χ4n) is 3.33. The van der Waals surface area contributed by atoms with Gasteiger partial charge in [0.25, 0.3) is 0 Å². The average molecular weight is 400 g/mol. The third-order valence-corrected chi connectivity index (χ3v) is 5.83. The minimum absolute atomic E-state index is 0.343. The second kappa shape index (κ2) is 12.5. The molecule has 0 aliphatic carbocycles. The third kappa shape index (κ3) is 13.8. The number of hydrogen-bond donors (Lipinski definition) is 1. The van der Waals surface area contributed by atoms with Crippen LogP contribution in [0.5, 0.6) is 0 Å². The Morgan fingerprint density at radius 1 is 0.926 bits per heavy atom. The van der Waals surface area contributed by atoms with Gasteiger partial charge < -0.3 is 14.1 Å². The summed E-state index contributed by atoms with van der Waals surface area (Å²) in [6.45, 7) is 1.68. The van der Waals surface area contributed by atoms with E-state index in [-0.39, 0.29) is 0 Å². The lowest BCUT2D eigenvalue weighted by Crippen LogP contribution is -2.43. The van der Waals surface area contributed by atoms with Crippen LogP contribution in [0.2, 0.25) is 0 Å². The molecular formula is C21H37NO4S.